The average Bonchev–Trinajstić information content (AvgIpc) is 2.85. The number of carbonyl (C=O) groups excluding carboxylic acids is 2. The number of fused-ring (bicyclic) bond motifs is 1. The number of hydrogen-bond acceptors (Lipinski definition) is 6. The molecule has 1 aromatic heterocycles. The number of aromatic nitrogens is 1. The molecule has 0 aliphatic carbocycles. The Bertz CT molecular complexity index is 879. The average molecular weight is 356 g/mol. The van der Waals surface area contributed by atoms with Gasteiger partial charge in [0.25, 0.3) is 0 Å². The van der Waals surface area contributed by atoms with Gasteiger partial charge >= 0.3 is 18.1 Å². The molecule has 2 rings (SSSR count). The normalized spacial score (nSPS) is 11.4. The van der Waals surface area contributed by atoms with Crippen LogP contribution in [0.1, 0.15) is 22.7 Å². The van der Waals surface area contributed by atoms with Gasteiger partial charge in [-0.25, -0.2) is 0 Å². The summed E-state index contributed by atoms with van der Waals surface area (Å²) in [6.07, 6.45) is -4.68. The second-order valence-corrected chi connectivity index (χ2v) is 4.89. The van der Waals surface area contributed by atoms with Crippen molar-refractivity contribution in [3.05, 3.63) is 35.0 Å². The SMILES string of the molecule is COC(=O)C(C(=O)OC)c1c(C#N)c2cc(C(F)(F)F)ccc2n1O. The van der Waals surface area contributed by atoms with Crippen LogP contribution in [0.2, 0.25) is 0 Å². The van der Waals surface area contributed by atoms with Crippen LogP contribution in [-0.4, -0.2) is 36.1 Å². The van der Waals surface area contributed by atoms with E-state index in [2.05, 4.69) is 9.47 Å². The molecule has 2 aromatic rings. The fourth-order valence-corrected chi connectivity index (χ4v) is 2.41. The van der Waals surface area contributed by atoms with Gasteiger partial charge in [-0.05, 0) is 18.2 Å². The highest BCUT2D eigenvalue weighted by atomic mass is 19.4. The van der Waals surface area contributed by atoms with E-state index in [1.165, 1.54) is 0 Å². The Hall–Kier alpha value is -3.22. The summed E-state index contributed by atoms with van der Waals surface area (Å²) in [6, 6.07) is 3.89. The van der Waals surface area contributed by atoms with Gasteiger partial charge in [-0.15, -0.1) is 0 Å². The van der Waals surface area contributed by atoms with Gasteiger partial charge in [0.15, 0.2) is 5.92 Å². The van der Waals surface area contributed by atoms with Crippen molar-refractivity contribution in [3.8, 4) is 6.07 Å². The Kier molecular flexibility index (Phi) is 4.60. The molecule has 0 atom stereocenters. The highest BCUT2D eigenvalue weighted by Crippen LogP contribution is 2.36. The molecular weight excluding hydrogens is 345 g/mol. The lowest BCUT2D eigenvalue weighted by Crippen LogP contribution is -2.27. The Balaban J connectivity index is 2.84. The minimum Gasteiger partial charge on any atom is -0.468 e. The van der Waals surface area contributed by atoms with E-state index in [9.17, 15) is 33.2 Å². The summed E-state index contributed by atoms with van der Waals surface area (Å²) in [5.41, 5.74) is -2.24. The van der Waals surface area contributed by atoms with Gasteiger partial charge in [0.1, 0.15) is 11.8 Å². The first kappa shape index (κ1) is 18.1. The maximum absolute atomic E-state index is 12.9. The molecule has 1 heterocycles. The van der Waals surface area contributed by atoms with Gasteiger partial charge in [-0.2, -0.15) is 23.2 Å². The van der Waals surface area contributed by atoms with Gasteiger partial charge in [-0.1, -0.05) is 0 Å². The van der Waals surface area contributed by atoms with Crippen molar-refractivity contribution >= 4 is 22.8 Å². The molecule has 1 N–H and O–H groups in total. The number of esters is 2. The van der Waals surface area contributed by atoms with Crippen molar-refractivity contribution in [1.29, 1.82) is 5.26 Å². The summed E-state index contributed by atoms with van der Waals surface area (Å²) < 4.78 is 47.9. The molecule has 0 fully saturated rings. The van der Waals surface area contributed by atoms with Gasteiger partial charge in [-0.3, -0.25) is 9.59 Å². The fourth-order valence-electron chi connectivity index (χ4n) is 2.41. The van der Waals surface area contributed by atoms with E-state index in [-0.39, 0.29) is 10.9 Å². The quantitative estimate of drug-likeness (QED) is 0.514. The van der Waals surface area contributed by atoms with Crippen LogP contribution in [0.4, 0.5) is 13.2 Å². The highest BCUT2D eigenvalue weighted by Gasteiger charge is 2.39. The van der Waals surface area contributed by atoms with E-state index in [0.29, 0.717) is 16.9 Å². The summed E-state index contributed by atoms with van der Waals surface area (Å²) in [4.78, 5) is 23.8. The molecule has 7 nitrogen and oxygen atoms in total. The van der Waals surface area contributed by atoms with Crippen LogP contribution in [0, 0.1) is 11.3 Å². The van der Waals surface area contributed by atoms with Crippen molar-refractivity contribution in [1.82, 2.24) is 4.73 Å². The number of nitriles is 1. The number of nitrogens with zero attached hydrogens (tertiary/aromatic N) is 2. The zero-order valence-electron chi connectivity index (χ0n) is 12.9. The molecule has 0 aliphatic rings. The molecule has 0 unspecified atom stereocenters. The molecule has 0 bridgehead atoms. The zero-order chi connectivity index (χ0) is 18.9. The lowest BCUT2D eigenvalue weighted by Gasteiger charge is -2.13. The standard InChI is InChI=1S/C15H11F3N2O5/c1-24-13(21)11(14(22)25-2)12-9(6-19)8-5-7(15(16,17)18)3-4-10(8)20(12)23/h3-5,11,23H,1-2H3. The van der Waals surface area contributed by atoms with Gasteiger partial charge in [0.05, 0.1) is 30.9 Å². The smallest absolute Gasteiger partial charge is 0.416 e. The minimum atomic E-state index is -4.68. The fraction of sp³-hybridized carbons (Fsp3) is 0.267. The third kappa shape index (κ3) is 2.96. The molecule has 132 valence electrons. The van der Waals surface area contributed by atoms with Gasteiger partial charge in [0, 0.05) is 5.39 Å². The number of hydrogen-bond donors (Lipinski definition) is 1. The molecule has 1 aromatic carbocycles. The van der Waals surface area contributed by atoms with Crippen molar-refractivity contribution in [2.24, 2.45) is 0 Å². The van der Waals surface area contributed by atoms with Crippen LogP contribution in [-0.2, 0) is 25.2 Å². The van der Waals surface area contributed by atoms with E-state index < -0.39 is 40.9 Å². The largest absolute Gasteiger partial charge is 0.468 e. The van der Waals surface area contributed by atoms with Crippen LogP contribution >= 0.6 is 0 Å². The van der Waals surface area contributed by atoms with E-state index in [1.807, 2.05) is 0 Å². The zero-order valence-corrected chi connectivity index (χ0v) is 12.9. The number of carbonyl (C=O) groups is 2. The minimum absolute atomic E-state index is 0.183. The third-order valence-corrected chi connectivity index (χ3v) is 3.56. The third-order valence-electron chi connectivity index (χ3n) is 3.56. The van der Waals surface area contributed by atoms with Crippen LogP contribution in [0.25, 0.3) is 10.9 Å². The van der Waals surface area contributed by atoms with E-state index in [1.54, 1.807) is 6.07 Å². The monoisotopic (exact) mass is 356 g/mol. The first-order valence-corrected chi connectivity index (χ1v) is 6.67. The van der Waals surface area contributed by atoms with Gasteiger partial charge < -0.3 is 14.7 Å². The van der Waals surface area contributed by atoms with Crippen LogP contribution in [0.5, 0.6) is 0 Å². The molecule has 0 saturated carbocycles. The summed E-state index contributed by atoms with van der Waals surface area (Å²) in [5, 5.41) is 19.3. The maximum Gasteiger partial charge on any atom is 0.416 e. The van der Waals surface area contributed by atoms with E-state index in [4.69, 9.17) is 0 Å². The predicted octanol–water partition coefficient (Wildman–Crippen LogP) is 2.20. The number of alkyl halides is 3. The number of benzene rings is 1. The Morgan fingerprint density at radius 3 is 2.24 bits per heavy atom. The second-order valence-electron chi connectivity index (χ2n) is 4.89. The van der Waals surface area contributed by atoms with Crippen molar-refractivity contribution in [3.63, 3.8) is 0 Å². The predicted molar refractivity (Wildman–Crippen MR) is 75.6 cm³/mol. The Labute approximate surface area is 138 Å². The number of methoxy groups -OCH3 is 2. The lowest BCUT2D eigenvalue weighted by molar-refractivity contribution is -0.154. The maximum atomic E-state index is 12.9. The summed E-state index contributed by atoms with van der Waals surface area (Å²) >= 11 is 0. The van der Waals surface area contributed by atoms with Crippen LogP contribution in [0.15, 0.2) is 18.2 Å². The molecular formula is C15H11F3N2O5. The summed E-state index contributed by atoms with van der Waals surface area (Å²) in [6.45, 7) is 0. The Morgan fingerprint density at radius 1 is 1.24 bits per heavy atom. The van der Waals surface area contributed by atoms with Crippen LogP contribution in [0.3, 0.4) is 0 Å². The topological polar surface area (TPSA) is 102 Å². The molecule has 25 heavy (non-hydrogen) atoms. The molecule has 0 amide bonds. The van der Waals surface area contributed by atoms with Crippen molar-refractivity contribution < 1.29 is 37.4 Å². The second kappa shape index (κ2) is 6.35. The van der Waals surface area contributed by atoms with E-state index >= 15 is 0 Å². The molecule has 0 radical (unpaired) electrons. The van der Waals surface area contributed by atoms with E-state index in [0.717, 1.165) is 20.3 Å². The summed E-state index contributed by atoms with van der Waals surface area (Å²) in [5.74, 6) is -4.12. The Morgan fingerprint density at radius 2 is 1.80 bits per heavy atom. The van der Waals surface area contributed by atoms with Crippen molar-refractivity contribution in [2.75, 3.05) is 14.2 Å². The molecule has 0 saturated heterocycles. The lowest BCUT2D eigenvalue weighted by atomic mass is 10.00. The number of rotatable bonds is 3. The number of ether oxygens (including phenoxy) is 2. The summed E-state index contributed by atoms with van der Waals surface area (Å²) in [7, 11) is 1.94. The van der Waals surface area contributed by atoms with Gasteiger partial charge in [0.2, 0.25) is 0 Å². The highest BCUT2D eigenvalue weighted by molar-refractivity contribution is 6.03. The first-order valence-electron chi connectivity index (χ1n) is 6.67. The first-order chi connectivity index (χ1) is 11.7. The van der Waals surface area contributed by atoms with Crippen molar-refractivity contribution in [2.45, 2.75) is 12.1 Å². The molecule has 0 aliphatic heterocycles. The molecule has 10 heteroatoms. The number of halogens is 3. The van der Waals surface area contributed by atoms with Crippen LogP contribution < -0.4 is 0 Å². The molecule has 0 spiro atoms.